The highest BCUT2D eigenvalue weighted by molar-refractivity contribution is 5.63. The van der Waals surface area contributed by atoms with Crippen LogP contribution in [0, 0.1) is 0 Å². The van der Waals surface area contributed by atoms with Crippen LogP contribution in [-0.4, -0.2) is 55.4 Å². The van der Waals surface area contributed by atoms with Gasteiger partial charge in [0.2, 0.25) is 0 Å². The average molecular weight is 384 g/mol. The van der Waals surface area contributed by atoms with Crippen LogP contribution in [0.3, 0.4) is 0 Å². The maximum Gasteiger partial charge on any atom is 0.300 e. The maximum absolute atomic E-state index is 9.00. The third-order valence-corrected chi connectivity index (χ3v) is 0. The van der Waals surface area contributed by atoms with Crippen LogP contribution in [-0.2, 0) is 24.0 Å². The average Bonchev–Trinajstić information content (AvgIpc) is 2.41. The smallest absolute Gasteiger partial charge is 0.300 e. The quantitative estimate of drug-likeness (QED) is 0.388. The van der Waals surface area contributed by atoms with Gasteiger partial charge >= 0.3 is 0 Å². The topological polar surface area (TPSA) is 186 Å². The summed E-state index contributed by atoms with van der Waals surface area (Å²) in [6, 6.07) is 0. The Labute approximate surface area is 154 Å². The molecule has 10 heteroatoms. The summed E-state index contributed by atoms with van der Waals surface area (Å²) in [6.07, 6.45) is 0. The van der Waals surface area contributed by atoms with E-state index >= 15 is 0 Å². The second-order valence-electron chi connectivity index (χ2n) is 2.60. The van der Waals surface area contributed by atoms with Gasteiger partial charge in [0.15, 0.2) is 0 Å². The Morgan fingerprint density at radius 1 is 0.385 bits per heavy atom. The van der Waals surface area contributed by atoms with Crippen LogP contribution in [0.2, 0.25) is 0 Å². The molecule has 0 bridgehead atoms. The number of aliphatic carboxylic acids is 5. The standard InChI is InChI=1S/5C2H4O2.3C2H4/c5*1-2(3)4;3*1-2/h5*1H3,(H,3,4);3*1-2H2. The van der Waals surface area contributed by atoms with Gasteiger partial charge in [0, 0.05) is 34.6 Å². The lowest BCUT2D eigenvalue weighted by Crippen LogP contribution is -1.78. The highest BCUT2D eigenvalue weighted by Gasteiger charge is 1.67. The zero-order valence-electron chi connectivity index (χ0n) is 16.0. The maximum atomic E-state index is 9.00. The Balaban J connectivity index is -0.0000000242. The van der Waals surface area contributed by atoms with Crippen LogP contribution in [0.4, 0.5) is 0 Å². The molecule has 0 heterocycles. The zero-order chi connectivity index (χ0) is 23.9. The fraction of sp³-hybridized carbons (Fsp3) is 0.312. The monoisotopic (exact) mass is 384 g/mol. The third kappa shape index (κ3) is 670. The first-order chi connectivity index (χ1) is 11.7. The molecular formula is C16H32O10. The molecule has 0 atom stereocenters. The van der Waals surface area contributed by atoms with Crippen LogP contribution in [0.15, 0.2) is 39.5 Å². The van der Waals surface area contributed by atoms with E-state index in [1.807, 2.05) is 0 Å². The van der Waals surface area contributed by atoms with Crippen molar-refractivity contribution < 1.29 is 49.5 Å². The van der Waals surface area contributed by atoms with Crippen LogP contribution < -0.4 is 0 Å². The summed E-state index contributed by atoms with van der Waals surface area (Å²) in [4.78, 5) is 45.0. The molecule has 0 aromatic heterocycles. The Kier molecular flexibility index (Phi) is 130. The van der Waals surface area contributed by atoms with Crippen molar-refractivity contribution in [2.24, 2.45) is 0 Å². The van der Waals surface area contributed by atoms with Crippen molar-refractivity contribution >= 4 is 29.8 Å². The van der Waals surface area contributed by atoms with E-state index in [2.05, 4.69) is 39.5 Å². The summed E-state index contributed by atoms with van der Waals surface area (Å²) in [5, 5.41) is 37.1. The number of rotatable bonds is 0. The van der Waals surface area contributed by atoms with Gasteiger partial charge in [-0.05, 0) is 0 Å². The van der Waals surface area contributed by atoms with Crippen molar-refractivity contribution in [3.05, 3.63) is 39.5 Å². The van der Waals surface area contributed by atoms with Gasteiger partial charge in [0.1, 0.15) is 0 Å². The number of carbonyl (C=O) groups is 5. The Bertz CT molecular complexity index is 244. The van der Waals surface area contributed by atoms with E-state index in [0.29, 0.717) is 0 Å². The van der Waals surface area contributed by atoms with Gasteiger partial charge < -0.3 is 25.5 Å². The predicted molar refractivity (Wildman–Crippen MR) is 100 cm³/mol. The van der Waals surface area contributed by atoms with Crippen molar-refractivity contribution in [1.82, 2.24) is 0 Å². The summed E-state index contributed by atoms with van der Waals surface area (Å²) < 4.78 is 0. The summed E-state index contributed by atoms with van der Waals surface area (Å²) in [6.45, 7) is 23.4. The molecule has 5 N–H and O–H groups in total. The zero-order valence-corrected chi connectivity index (χ0v) is 16.0. The Morgan fingerprint density at radius 3 is 0.385 bits per heavy atom. The largest absolute Gasteiger partial charge is 0.481 e. The number of hydrogen-bond donors (Lipinski definition) is 5. The van der Waals surface area contributed by atoms with Crippen molar-refractivity contribution in [2.75, 3.05) is 0 Å². The van der Waals surface area contributed by atoms with Crippen molar-refractivity contribution in [1.29, 1.82) is 0 Å². The fourth-order valence-electron chi connectivity index (χ4n) is 0. The van der Waals surface area contributed by atoms with Crippen molar-refractivity contribution in [3.8, 4) is 0 Å². The van der Waals surface area contributed by atoms with Crippen LogP contribution in [0.5, 0.6) is 0 Å². The lowest BCUT2D eigenvalue weighted by molar-refractivity contribution is -0.135. The molecule has 26 heavy (non-hydrogen) atoms. The second kappa shape index (κ2) is 68.2. The van der Waals surface area contributed by atoms with Gasteiger partial charge in [-0.15, -0.1) is 39.5 Å². The molecule has 0 saturated heterocycles. The molecule has 0 aliphatic carbocycles. The third-order valence-electron chi connectivity index (χ3n) is 0. The molecule has 0 spiro atoms. The minimum absolute atomic E-state index is 0.833. The molecule has 0 rings (SSSR count). The predicted octanol–water partition coefficient (Wildman–Crippen LogP) is 2.86. The highest BCUT2D eigenvalue weighted by atomic mass is 16.4. The molecule has 10 nitrogen and oxygen atoms in total. The number of carboxylic acid groups (broad SMARTS) is 5. The summed E-state index contributed by atoms with van der Waals surface area (Å²) in [5.41, 5.74) is 0. The minimum atomic E-state index is -0.833. The Morgan fingerprint density at radius 2 is 0.385 bits per heavy atom. The number of hydrogen-bond acceptors (Lipinski definition) is 5. The van der Waals surface area contributed by atoms with Crippen molar-refractivity contribution in [3.63, 3.8) is 0 Å². The molecule has 0 aliphatic heterocycles. The van der Waals surface area contributed by atoms with Gasteiger partial charge in [0.05, 0.1) is 0 Å². The molecule has 0 saturated carbocycles. The molecule has 0 aliphatic rings. The summed E-state index contributed by atoms with van der Waals surface area (Å²) >= 11 is 0. The van der Waals surface area contributed by atoms with E-state index in [4.69, 9.17) is 49.5 Å². The van der Waals surface area contributed by atoms with E-state index in [9.17, 15) is 0 Å². The van der Waals surface area contributed by atoms with Gasteiger partial charge in [0.25, 0.3) is 29.8 Å². The van der Waals surface area contributed by atoms with Gasteiger partial charge in [-0.3, -0.25) is 24.0 Å². The van der Waals surface area contributed by atoms with E-state index in [1.54, 1.807) is 0 Å². The van der Waals surface area contributed by atoms with E-state index in [-0.39, 0.29) is 0 Å². The molecular weight excluding hydrogens is 352 g/mol. The lowest BCUT2D eigenvalue weighted by atomic mass is 10.9. The Hall–Kier alpha value is -3.43. The van der Waals surface area contributed by atoms with Crippen molar-refractivity contribution in [2.45, 2.75) is 34.6 Å². The van der Waals surface area contributed by atoms with Crippen LogP contribution >= 0.6 is 0 Å². The molecule has 0 fully saturated rings. The molecule has 0 aromatic carbocycles. The second-order valence-corrected chi connectivity index (χ2v) is 2.60. The normalized spacial score (nSPS) is 5.27. The van der Waals surface area contributed by atoms with Crippen LogP contribution in [0.1, 0.15) is 34.6 Å². The van der Waals surface area contributed by atoms with Gasteiger partial charge in [-0.25, -0.2) is 0 Å². The van der Waals surface area contributed by atoms with Crippen LogP contribution in [0.25, 0.3) is 0 Å². The molecule has 0 amide bonds. The molecule has 156 valence electrons. The van der Waals surface area contributed by atoms with E-state index < -0.39 is 29.8 Å². The van der Waals surface area contributed by atoms with Gasteiger partial charge in [-0.2, -0.15) is 0 Å². The molecule has 0 unspecified atom stereocenters. The SMILES string of the molecule is C=C.C=C.C=C.CC(=O)O.CC(=O)O.CC(=O)O.CC(=O)O.CC(=O)O. The first kappa shape index (κ1) is 49.5. The summed E-state index contributed by atoms with van der Waals surface area (Å²) in [7, 11) is 0. The van der Waals surface area contributed by atoms with E-state index in [1.165, 1.54) is 0 Å². The lowest BCUT2D eigenvalue weighted by Gasteiger charge is -1.59. The molecule has 0 aromatic rings. The van der Waals surface area contributed by atoms with E-state index in [0.717, 1.165) is 34.6 Å². The minimum Gasteiger partial charge on any atom is -0.481 e. The highest BCUT2D eigenvalue weighted by Crippen LogP contribution is 1.43. The summed E-state index contributed by atoms with van der Waals surface area (Å²) in [5.74, 6) is -4.17. The first-order valence-electron chi connectivity index (χ1n) is 6.14. The number of carboxylic acids is 5. The van der Waals surface area contributed by atoms with Gasteiger partial charge in [-0.1, -0.05) is 0 Å². The fourth-order valence-corrected chi connectivity index (χ4v) is 0. The first-order valence-corrected chi connectivity index (χ1v) is 6.14. The molecule has 0 radical (unpaired) electrons.